The normalized spacial score (nSPS) is 23.8. The van der Waals surface area contributed by atoms with E-state index >= 15 is 0 Å². The highest BCUT2D eigenvalue weighted by Gasteiger charge is 2.48. The lowest BCUT2D eigenvalue weighted by Crippen LogP contribution is -2.46. The van der Waals surface area contributed by atoms with Crippen molar-refractivity contribution in [3.63, 3.8) is 0 Å². The number of carboxylic acid groups (broad SMARTS) is 1. The summed E-state index contributed by atoms with van der Waals surface area (Å²) in [6.07, 6.45) is 2.03. The summed E-state index contributed by atoms with van der Waals surface area (Å²) in [5.41, 5.74) is 0.866. The molecule has 1 aromatic rings. The largest absolute Gasteiger partial charge is 0.480 e. The SMILES string of the molecule is O=C(O)CN(C(=O)[C@H]1C[C@@H]1c1cccc(Cl)c1Cl)C1CCOCC1. The number of hydrogen-bond donors (Lipinski definition) is 1. The number of benzene rings is 1. The van der Waals surface area contributed by atoms with Crippen LogP contribution in [0.2, 0.25) is 10.0 Å². The number of carboxylic acids is 1. The highest BCUT2D eigenvalue weighted by Crippen LogP contribution is 2.51. The lowest BCUT2D eigenvalue weighted by atomic mass is 10.0. The monoisotopic (exact) mass is 371 g/mol. The van der Waals surface area contributed by atoms with E-state index in [9.17, 15) is 9.59 Å². The number of rotatable bonds is 5. The van der Waals surface area contributed by atoms with Gasteiger partial charge in [0.2, 0.25) is 5.91 Å². The molecule has 1 aromatic carbocycles. The van der Waals surface area contributed by atoms with Crippen LogP contribution in [0.1, 0.15) is 30.7 Å². The van der Waals surface area contributed by atoms with Gasteiger partial charge in [0.05, 0.1) is 10.0 Å². The van der Waals surface area contributed by atoms with Crippen LogP contribution in [0.5, 0.6) is 0 Å². The molecule has 0 bridgehead atoms. The summed E-state index contributed by atoms with van der Waals surface area (Å²) < 4.78 is 5.31. The summed E-state index contributed by atoms with van der Waals surface area (Å²) in [7, 11) is 0. The second-order valence-electron chi connectivity index (χ2n) is 6.30. The zero-order valence-corrected chi connectivity index (χ0v) is 14.6. The van der Waals surface area contributed by atoms with Gasteiger partial charge in [-0.1, -0.05) is 35.3 Å². The number of aliphatic carboxylic acids is 1. The van der Waals surface area contributed by atoms with E-state index in [0.717, 1.165) is 5.56 Å². The van der Waals surface area contributed by atoms with E-state index in [4.69, 9.17) is 33.0 Å². The molecule has 2 fully saturated rings. The van der Waals surface area contributed by atoms with Crippen LogP contribution >= 0.6 is 23.2 Å². The van der Waals surface area contributed by atoms with E-state index in [-0.39, 0.29) is 30.3 Å². The molecule has 1 saturated heterocycles. The van der Waals surface area contributed by atoms with Crippen LogP contribution in [0.15, 0.2) is 18.2 Å². The molecule has 24 heavy (non-hydrogen) atoms. The van der Waals surface area contributed by atoms with Crippen molar-refractivity contribution >= 4 is 35.1 Å². The van der Waals surface area contributed by atoms with E-state index in [2.05, 4.69) is 0 Å². The van der Waals surface area contributed by atoms with Crippen molar-refractivity contribution in [2.24, 2.45) is 5.92 Å². The molecule has 0 aromatic heterocycles. The predicted molar refractivity (Wildman–Crippen MR) is 90.5 cm³/mol. The van der Waals surface area contributed by atoms with Crippen molar-refractivity contribution in [2.45, 2.75) is 31.2 Å². The number of hydrogen-bond acceptors (Lipinski definition) is 3. The van der Waals surface area contributed by atoms with Gasteiger partial charge in [0.15, 0.2) is 0 Å². The van der Waals surface area contributed by atoms with Gasteiger partial charge in [-0.2, -0.15) is 0 Å². The fourth-order valence-corrected chi connectivity index (χ4v) is 3.81. The Morgan fingerprint density at radius 1 is 1.25 bits per heavy atom. The minimum atomic E-state index is -0.993. The Bertz CT molecular complexity index is 645. The molecule has 0 spiro atoms. The average Bonchev–Trinajstić information content (AvgIpc) is 3.35. The molecule has 1 N–H and O–H groups in total. The van der Waals surface area contributed by atoms with E-state index in [1.54, 1.807) is 6.07 Å². The van der Waals surface area contributed by atoms with Gasteiger partial charge >= 0.3 is 5.97 Å². The van der Waals surface area contributed by atoms with Crippen molar-refractivity contribution in [1.82, 2.24) is 4.90 Å². The topological polar surface area (TPSA) is 66.8 Å². The molecular formula is C17H19Cl2NO4. The highest BCUT2D eigenvalue weighted by atomic mass is 35.5. The third kappa shape index (κ3) is 3.68. The molecule has 1 aliphatic carbocycles. The van der Waals surface area contributed by atoms with Crippen molar-refractivity contribution in [2.75, 3.05) is 19.8 Å². The Labute approximate surface area is 150 Å². The number of halogens is 2. The minimum Gasteiger partial charge on any atom is -0.480 e. The maximum Gasteiger partial charge on any atom is 0.323 e. The second kappa shape index (κ2) is 7.30. The molecule has 1 heterocycles. The maximum atomic E-state index is 12.9. The molecule has 0 radical (unpaired) electrons. The summed E-state index contributed by atoms with van der Waals surface area (Å²) in [6, 6.07) is 5.34. The quantitative estimate of drug-likeness (QED) is 0.862. The summed E-state index contributed by atoms with van der Waals surface area (Å²) >= 11 is 12.3. The second-order valence-corrected chi connectivity index (χ2v) is 7.08. The van der Waals surface area contributed by atoms with Gasteiger partial charge in [0.25, 0.3) is 0 Å². The third-order valence-corrected chi connectivity index (χ3v) is 5.54. The van der Waals surface area contributed by atoms with Gasteiger partial charge in [-0.3, -0.25) is 9.59 Å². The average molecular weight is 372 g/mol. The zero-order valence-electron chi connectivity index (χ0n) is 13.1. The Morgan fingerprint density at radius 3 is 2.62 bits per heavy atom. The molecular weight excluding hydrogens is 353 g/mol. The molecule has 2 atom stereocenters. The molecule has 130 valence electrons. The van der Waals surface area contributed by atoms with Crippen molar-refractivity contribution in [3.8, 4) is 0 Å². The number of carbonyl (C=O) groups excluding carboxylic acids is 1. The van der Waals surface area contributed by atoms with Crippen LogP contribution in [-0.2, 0) is 14.3 Å². The Kier molecular flexibility index (Phi) is 5.33. The molecule has 1 amide bonds. The first-order valence-corrected chi connectivity index (χ1v) is 8.78. The van der Waals surface area contributed by atoms with Crippen molar-refractivity contribution in [1.29, 1.82) is 0 Å². The first kappa shape index (κ1) is 17.5. The first-order chi connectivity index (χ1) is 11.5. The van der Waals surface area contributed by atoms with Crippen LogP contribution in [-0.4, -0.2) is 47.7 Å². The fraction of sp³-hybridized carbons (Fsp3) is 0.529. The molecule has 1 aliphatic heterocycles. The molecule has 0 unspecified atom stereocenters. The van der Waals surface area contributed by atoms with Gasteiger partial charge in [-0.15, -0.1) is 0 Å². The van der Waals surface area contributed by atoms with Crippen LogP contribution in [0, 0.1) is 5.92 Å². The number of carbonyl (C=O) groups is 2. The summed E-state index contributed by atoms with van der Waals surface area (Å²) in [5.74, 6) is -1.30. The molecule has 3 rings (SSSR count). The van der Waals surface area contributed by atoms with Gasteiger partial charge in [0.1, 0.15) is 6.54 Å². The highest BCUT2D eigenvalue weighted by molar-refractivity contribution is 6.42. The van der Waals surface area contributed by atoms with Gasteiger partial charge in [-0.25, -0.2) is 0 Å². The summed E-state index contributed by atoms with van der Waals surface area (Å²) in [6.45, 7) is 0.848. The van der Waals surface area contributed by atoms with Crippen LogP contribution in [0.3, 0.4) is 0 Å². The zero-order chi connectivity index (χ0) is 17.3. The lowest BCUT2D eigenvalue weighted by molar-refractivity contribution is -0.148. The van der Waals surface area contributed by atoms with Crippen molar-refractivity contribution in [3.05, 3.63) is 33.8 Å². The van der Waals surface area contributed by atoms with Crippen LogP contribution in [0.25, 0.3) is 0 Å². The lowest BCUT2D eigenvalue weighted by Gasteiger charge is -2.33. The molecule has 1 saturated carbocycles. The van der Waals surface area contributed by atoms with Crippen LogP contribution in [0.4, 0.5) is 0 Å². The Hall–Kier alpha value is -1.30. The summed E-state index contributed by atoms with van der Waals surface area (Å²) in [4.78, 5) is 25.6. The smallest absolute Gasteiger partial charge is 0.323 e. The van der Waals surface area contributed by atoms with Gasteiger partial charge < -0.3 is 14.7 Å². The fourth-order valence-electron chi connectivity index (χ4n) is 3.36. The van der Waals surface area contributed by atoms with E-state index in [1.165, 1.54) is 4.90 Å². The van der Waals surface area contributed by atoms with Crippen molar-refractivity contribution < 1.29 is 19.4 Å². The Balaban J connectivity index is 1.74. The number of amides is 1. The third-order valence-electron chi connectivity index (χ3n) is 4.71. The molecule has 2 aliphatic rings. The van der Waals surface area contributed by atoms with E-state index in [0.29, 0.717) is 42.5 Å². The standard InChI is InChI=1S/C17H19Cl2NO4/c18-14-3-1-2-11(16(14)19)12-8-13(12)17(23)20(9-15(21)22)10-4-6-24-7-5-10/h1-3,10,12-13H,4-9H2,(H,21,22)/t12-,13+/m1/s1. The minimum absolute atomic E-state index is 0.0137. The van der Waals surface area contributed by atoms with Gasteiger partial charge in [0, 0.05) is 25.2 Å². The van der Waals surface area contributed by atoms with Crippen LogP contribution < -0.4 is 0 Å². The van der Waals surface area contributed by atoms with E-state index in [1.807, 2.05) is 12.1 Å². The Morgan fingerprint density at radius 2 is 1.96 bits per heavy atom. The number of nitrogens with zero attached hydrogens (tertiary/aromatic N) is 1. The molecule has 7 heteroatoms. The predicted octanol–water partition coefficient (Wildman–Crippen LogP) is 3.19. The number of ether oxygens (including phenoxy) is 1. The van der Waals surface area contributed by atoms with E-state index < -0.39 is 5.97 Å². The van der Waals surface area contributed by atoms with Gasteiger partial charge in [-0.05, 0) is 36.8 Å². The maximum absolute atomic E-state index is 12.9. The summed E-state index contributed by atoms with van der Waals surface area (Å²) in [5, 5.41) is 10.1. The first-order valence-electron chi connectivity index (χ1n) is 8.03. The molecule has 5 nitrogen and oxygen atoms in total.